The Kier molecular flexibility index (Phi) is 3.84. The number of nitrogens with zero attached hydrogens (tertiary/aromatic N) is 1. The number of carbonyl (C=O) groups excluding carboxylic acids is 1. The summed E-state index contributed by atoms with van der Waals surface area (Å²) in [4.78, 5) is 16.8. The van der Waals surface area contributed by atoms with Gasteiger partial charge in [-0.1, -0.05) is 48.5 Å². The van der Waals surface area contributed by atoms with Crippen molar-refractivity contribution in [3.63, 3.8) is 0 Å². The molecule has 1 aliphatic heterocycles. The molecule has 1 aliphatic rings. The molecule has 1 atom stereocenters. The molecule has 0 spiro atoms. The molecule has 4 N–H and O–H groups in total. The molecular weight excluding hydrogens is 296 g/mol. The standard InChI is InChI=1S/C16H14N4OS/c17-16(22)20-14-15(21)18-12-9-5-4-8-11(12)13(19-14)10-6-2-1-3-7-10/h1-9,14H,(H,18,21)(H3,17,20,22). The summed E-state index contributed by atoms with van der Waals surface area (Å²) in [6, 6.07) is 17.2. The number of nitrogens with two attached hydrogens (primary N) is 1. The maximum atomic E-state index is 12.3. The number of hydrogen-bond donors (Lipinski definition) is 3. The number of rotatable bonds is 2. The molecule has 0 fully saturated rings. The van der Waals surface area contributed by atoms with Crippen LogP contribution in [0.2, 0.25) is 0 Å². The Bertz CT molecular complexity index is 758. The molecule has 0 radical (unpaired) electrons. The maximum absolute atomic E-state index is 12.3. The van der Waals surface area contributed by atoms with E-state index in [1.165, 1.54) is 0 Å². The van der Waals surface area contributed by atoms with E-state index in [0.29, 0.717) is 11.4 Å². The first-order chi connectivity index (χ1) is 10.6. The highest BCUT2D eigenvalue weighted by atomic mass is 32.1. The summed E-state index contributed by atoms with van der Waals surface area (Å²) in [7, 11) is 0. The summed E-state index contributed by atoms with van der Waals surface area (Å²) >= 11 is 4.83. The molecule has 22 heavy (non-hydrogen) atoms. The topological polar surface area (TPSA) is 79.5 Å². The summed E-state index contributed by atoms with van der Waals surface area (Å²) in [6.07, 6.45) is -0.861. The predicted molar refractivity (Wildman–Crippen MR) is 90.9 cm³/mol. The number of hydrogen-bond acceptors (Lipinski definition) is 3. The maximum Gasteiger partial charge on any atom is 0.269 e. The van der Waals surface area contributed by atoms with Crippen LogP contribution in [-0.2, 0) is 4.79 Å². The third-order valence-electron chi connectivity index (χ3n) is 3.27. The Morgan fingerprint density at radius 3 is 2.55 bits per heavy atom. The summed E-state index contributed by atoms with van der Waals surface area (Å²) < 4.78 is 0. The molecule has 0 aromatic heterocycles. The fraction of sp³-hybridized carbons (Fsp3) is 0.0625. The smallest absolute Gasteiger partial charge is 0.269 e. The number of benzodiazepines with no additional fused rings is 1. The molecule has 5 nitrogen and oxygen atoms in total. The van der Waals surface area contributed by atoms with Crippen molar-refractivity contribution in [2.24, 2.45) is 10.7 Å². The zero-order chi connectivity index (χ0) is 15.5. The van der Waals surface area contributed by atoms with Crippen LogP contribution in [0.3, 0.4) is 0 Å². The van der Waals surface area contributed by atoms with E-state index in [9.17, 15) is 4.79 Å². The molecule has 0 saturated carbocycles. The van der Waals surface area contributed by atoms with Crippen LogP contribution in [0.4, 0.5) is 5.69 Å². The number of anilines is 1. The Balaban J connectivity index is 2.15. The average molecular weight is 310 g/mol. The number of aliphatic imine (C=N–C) groups is 1. The second-order valence-electron chi connectivity index (χ2n) is 4.79. The van der Waals surface area contributed by atoms with Gasteiger partial charge in [0, 0.05) is 11.1 Å². The molecule has 2 aromatic carbocycles. The minimum Gasteiger partial charge on any atom is -0.376 e. The molecule has 6 heteroatoms. The number of fused-ring (bicyclic) bond motifs is 1. The second-order valence-corrected chi connectivity index (χ2v) is 5.23. The fourth-order valence-electron chi connectivity index (χ4n) is 2.32. The van der Waals surface area contributed by atoms with Crippen molar-refractivity contribution >= 4 is 34.6 Å². The first-order valence-electron chi connectivity index (χ1n) is 6.74. The van der Waals surface area contributed by atoms with Gasteiger partial charge in [-0.3, -0.25) is 4.79 Å². The van der Waals surface area contributed by atoms with Gasteiger partial charge in [-0.15, -0.1) is 0 Å². The van der Waals surface area contributed by atoms with Gasteiger partial charge in [0.2, 0.25) is 6.17 Å². The van der Waals surface area contributed by atoms with E-state index in [4.69, 9.17) is 18.0 Å². The van der Waals surface area contributed by atoms with Crippen molar-refractivity contribution in [2.75, 3.05) is 5.32 Å². The quantitative estimate of drug-likeness (QED) is 0.737. The Morgan fingerprint density at radius 2 is 1.82 bits per heavy atom. The van der Waals surface area contributed by atoms with Gasteiger partial charge in [-0.05, 0) is 18.3 Å². The zero-order valence-corrected chi connectivity index (χ0v) is 12.4. The molecule has 3 rings (SSSR count). The number of benzene rings is 2. The SMILES string of the molecule is NC(=S)NC1N=C(c2ccccc2)c2ccccc2NC1=O. The van der Waals surface area contributed by atoms with Crippen LogP contribution < -0.4 is 16.4 Å². The van der Waals surface area contributed by atoms with Gasteiger partial charge in [0.25, 0.3) is 5.91 Å². The van der Waals surface area contributed by atoms with Crippen LogP contribution in [0, 0.1) is 0 Å². The fourth-order valence-corrected chi connectivity index (χ4v) is 2.43. The largest absolute Gasteiger partial charge is 0.376 e. The highest BCUT2D eigenvalue weighted by molar-refractivity contribution is 7.80. The first-order valence-corrected chi connectivity index (χ1v) is 7.15. The van der Waals surface area contributed by atoms with Gasteiger partial charge in [0.15, 0.2) is 5.11 Å². The second kappa shape index (κ2) is 5.95. The molecule has 2 aromatic rings. The lowest BCUT2D eigenvalue weighted by atomic mass is 10.0. The minimum absolute atomic E-state index is 0.0299. The van der Waals surface area contributed by atoms with Crippen molar-refractivity contribution < 1.29 is 4.79 Å². The Hall–Kier alpha value is -2.73. The van der Waals surface area contributed by atoms with Crippen LogP contribution in [0.1, 0.15) is 11.1 Å². The van der Waals surface area contributed by atoms with Crippen LogP contribution in [0.15, 0.2) is 59.6 Å². The van der Waals surface area contributed by atoms with Crippen molar-refractivity contribution in [3.8, 4) is 0 Å². The lowest BCUT2D eigenvalue weighted by molar-refractivity contribution is -0.117. The Labute approximate surface area is 133 Å². The number of thiocarbonyl (C=S) groups is 1. The third-order valence-corrected chi connectivity index (χ3v) is 3.39. The monoisotopic (exact) mass is 310 g/mol. The van der Waals surface area contributed by atoms with Gasteiger partial charge in [0.05, 0.1) is 11.4 Å². The van der Waals surface area contributed by atoms with E-state index in [-0.39, 0.29) is 11.0 Å². The third kappa shape index (κ3) is 2.82. The number of nitrogens with one attached hydrogen (secondary N) is 2. The molecule has 1 amide bonds. The molecular formula is C16H14N4OS. The van der Waals surface area contributed by atoms with E-state index in [1.54, 1.807) is 0 Å². The van der Waals surface area contributed by atoms with Crippen molar-refractivity contribution in [2.45, 2.75) is 6.17 Å². The first kappa shape index (κ1) is 14.2. The van der Waals surface area contributed by atoms with Crippen LogP contribution in [0.25, 0.3) is 0 Å². The molecule has 1 unspecified atom stereocenters. The van der Waals surface area contributed by atoms with E-state index in [0.717, 1.165) is 11.1 Å². The predicted octanol–water partition coefficient (Wildman–Crippen LogP) is 1.64. The van der Waals surface area contributed by atoms with E-state index in [2.05, 4.69) is 15.6 Å². The molecule has 0 aliphatic carbocycles. The van der Waals surface area contributed by atoms with Gasteiger partial charge >= 0.3 is 0 Å². The summed E-state index contributed by atoms with van der Waals surface area (Å²) in [5.41, 5.74) is 8.69. The number of para-hydroxylation sites is 1. The van der Waals surface area contributed by atoms with Crippen molar-refractivity contribution in [3.05, 3.63) is 65.7 Å². The summed E-state index contributed by atoms with van der Waals surface area (Å²) in [5.74, 6) is -0.300. The summed E-state index contributed by atoms with van der Waals surface area (Å²) in [6.45, 7) is 0. The van der Waals surface area contributed by atoms with Crippen LogP contribution in [0.5, 0.6) is 0 Å². The zero-order valence-electron chi connectivity index (χ0n) is 11.6. The molecule has 0 saturated heterocycles. The van der Waals surface area contributed by atoms with Crippen molar-refractivity contribution in [1.82, 2.24) is 5.32 Å². The highest BCUT2D eigenvalue weighted by Crippen LogP contribution is 2.23. The van der Waals surface area contributed by atoms with Gasteiger partial charge in [-0.2, -0.15) is 0 Å². The molecule has 110 valence electrons. The normalized spacial score (nSPS) is 16.8. The average Bonchev–Trinajstić information content (AvgIpc) is 2.65. The van der Waals surface area contributed by atoms with Gasteiger partial charge in [-0.25, -0.2) is 4.99 Å². The minimum atomic E-state index is -0.861. The van der Waals surface area contributed by atoms with E-state index >= 15 is 0 Å². The van der Waals surface area contributed by atoms with Crippen molar-refractivity contribution in [1.29, 1.82) is 0 Å². The van der Waals surface area contributed by atoms with E-state index in [1.807, 2.05) is 54.6 Å². The highest BCUT2D eigenvalue weighted by Gasteiger charge is 2.25. The molecule has 0 bridgehead atoms. The summed E-state index contributed by atoms with van der Waals surface area (Å²) in [5, 5.41) is 5.59. The Morgan fingerprint density at radius 1 is 1.14 bits per heavy atom. The van der Waals surface area contributed by atoms with Crippen LogP contribution >= 0.6 is 12.2 Å². The number of carbonyl (C=O) groups is 1. The lowest BCUT2D eigenvalue weighted by Crippen LogP contribution is -2.44. The lowest BCUT2D eigenvalue weighted by Gasteiger charge is -2.12. The van der Waals surface area contributed by atoms with Gasteiger partial charge < -0.3 is 16.4 Å². The molecule has 1 heterocycles. The number of amides is 1. The van der Waals surface area contributed by atoms with Gasteiger partial charge in [0.1, 0.15) is 0 Å². The van der Waals surface area contributed by atoms with E-state index < -0.39 is 6.17 Å². The van der Waals surface area contributed by atoms with Crippen LogP contribution in [-0.4, -0.2) is 22.9 Å².